The SMILES string of the molecule is CC(C)NC(=O)CCOCCOCCOCC(N=[N+]=[N-])NC(C)C(=O)Nc1ccc(CO)cc1. The molecule has 0 aliphatic carbocycles. The summed E-state index contributed by atoms with van der Waals surface area (Å²) in [6.07, 6.45) is -0.426. The molecule has 0 aliphatic heterocycles. The Kier molecular flexibility index (Phi) is 15.3. The monoisotopic (exact) mass is 480 g/mol. The van der Waals surface area contributed by atoms with Crippen LogP contribution in [0.3, 0.4) is 0 Å². The number of anilines is 1. The largest absolute Gasteiger partial charge is 0.392 e. The van der Waals surface area contributed by atoms with Crippen LogP contribution in [0.15, 0.2) is 29.4 Å². The third-order valence-corrected chi connectivity index (χ3v) is 4.37. The highest BCUT2D eigenvalue weighted by Gasteiger charge is 2.17. The van der Waals surface area contributed by atoms with Crippen LogP contribution in [0.25, 0.3) is 10.4 Å². The highest BCUT2D eigenvalue weighted by atomic mass is 16.5. The number of nitrogens with one attached hydrogen (secondary N) is 3. The number of hydrogen-bond acceptors (Lipinski definition) is 8. The molecule has 0 heterocycles. The summed E-state index contributed by atoms with van der Waals surface area (Å²) >= 11 is 0. The van der Waals surface area contributed by atoms with Gasteiger partial charge in [-0.1, -0.05) is 17.2 Å². The van der Waals surface area contributed by atoms with Crippen molar-refractivity contribution in [1.82, 2.24) is 10.6 Å². The average molecular weight is 481 g/mol. The molecule has 4 N–H and O–H groups in total. The van der Waals surface area contributed by atoms with E-state index < -0.39 is 12.2 Å². The number of hydrogen-bond donors (Lipinski definition) is 4. The summed E-state index contributed by atoms with van der Waals surface area (Å²) in [5.41, 5.74) is 10.1. The standard InChI is InChI=1S/C22H36N6O6/c1-16(2)24-21(30)8-9-32-10-11-33-12-13-34-15-20(27-28-23)25-17(3)22(31)26-19-6-4-18(14-29)5-7-19/h4-7,16-17,20,25,29H,8-15H2,1-3H3,(H,24,30)(H,26,31). The number of nitrogens with zero attached hydrogens (tertiary/aromatic N) is 3. The number of azide groups is 1. The molecular formula is C22H36N6O6. The molecule has 2 unspecified atom stereocenters. The first-order valence-corrected chi connectivity index (χ1v) is 11.2. The number of benzene rings is 1. The molecule has 0 spiro atoms. The first-order chi connectivity index (χ1) is 16.3. The molecule has 1 rings (SSSR count). The van der Waals surface area contributed by atoms with Crippen LogP contribution in [-0.4, -0.2) is 74.8 Å². The summed E-state index contributed by atoms with van der Waals surface area (Å²) in [6, 6.07) is 6.28. The van der Waals surface area contributed by atoms with E-state index in [2.05, 4.69) is 26.0 Å². The van der Waals surface area contributed by atoms with Gasteiger partial charge in [0.25, 0.3) is 0 Å². The Labute approximate surface area is 200 Å². The van der Waals surface area contributed by atoms with Gasteiger partial charge in [-0.25, -0.2) is 0 Å². The number of aliphatic hydroxyl groups excluding tert-OH is 1. The van der Waals surface area contributed by atoms with E-state index >= 15 is 0 Å². The highest BCUT2D eigenvalue weighted by Crippen LogP contribution is 2.10. The molecule has 0 fully saturated rings. The molecule has 0 aromatic heterocycles. The Bertz CT molecular complexity index is 770. The molecule has 0 saturated heterocycles. The van der Waals surface area contributed by atoms with Gasteiger partial charge in [0, 0.05) is 23.1 Å². The summed E-state index contributed by atoms with van der Waals surface area (Å²) < 4.78 is 16.2. The summed E-state index contributed by atoms with van der Waals surface area (Å²) in [6.45, 7) is 7.10. The fourth-order valence-electron chi connectivity index (χ4n) is 2.68. The number of rotatable bonds is 18. The van der Waals surface area contributed by atoms with Gasteiger partial charge in [0.1, 0.15) is 6.17 Å². The summed E-state index contributed by atoms with van der Waals surface area (Å²) in [7, 11) is 0. The van der Waals surface area contributed by atoms with Crippen LogP contribution in [0.5, 0.6) is 0 Å². The predicted octanol–water partition coefficient (Wildman–Crippen LogP) is 1.70. The molecule has 12 heteroatoms. The maximum Gasteiger partial charge on any atom is 0.241 e. The Morgan fingerprint density at radius 3 is 2.24 bits per heavy atom. The molecule has 12 nitrogen and oxygen atoms in total. The lowest BCUT2D eigenvalue weighted by Gasteiger charge is -2.19. The first kappa shape index (κ1) is 29.3. The van der Waals surface area contributed by atoms with Crippen LogP contribution in [0.4, 0.5) is 5.69 Å². The van der Waals surface area contributed by atoms with E-state index in [9.17, 15) is 9.59 Å². The zero-order valence-electron chi connectivity index (χ0n) is 20.0. The van der Waals surface area contributed by atoms with Gasteiger partial charge in [-0.3, -0.25) is 14.9 Å². The van der Waals surface area contributed by atoms with Crippen LogP contribution < -0.4 is 16.0 Å². The molecule has 2 amide bonds. The number of ether oxygens (including phenoxy) is 3. The number of aliphatic hydroxyl groups is 1. The fraction of sp³-hybridized carbons (Fsp3) is 0.636. The van der Waals surface area contributed by atoms with Crippen LogP contribution in [0.2, 0.25) is 0 Å². The van der Waals surface area contributed by atoms with Crippen molar-refractivity contribution in [3.63, 3.8) is 0 Å². The molecule has 2 atom stereocenters. The summed E-state index contributed by atoms with van der Waals surface area (Å²) in [5, 5.41) is 21.1. The Morgan fingerprint density at radius 2 is 1.65 bits per heavy atom. The Morgan fingerprint density at radius 1 is 1.03 bits per heavy atom. The normalized spacial score (nSPS) is 12.6. The van der Waals surface area contributed by atoms with Gasteiger partial charge in [0.2, 0.25) is 11.8 Å². The van der Waals surface area contributed by atoms with Gasteiger partial charge in [-0.2, -0.15) is 0 Å². The van der Waals surface area contributed by atoms with Crippen molar-refractivity contribution < 1.29 is 28.9 Å². The van der Waals surface area contributed by atoms with Crippen molar-refractivity contribution in [2.45, 2.75) is 52.0 Å². The number of carbonyl (C=O) groups excluding carboxylic acids is 2. The lowest BCUT2D eigenvalue weighted by Crippen LogP contribution is -2.45. The summed E-state index contributed by atoms with van der Waals surface area (Å²) in [5.74, 6) is -0.351. The molecule has 190 valence electrons. The summed E-state index contributed by atoms with van der Waals surface area (Å²) in [4.78, 5) is 26.6. The van der Waals surface area contributed by atoms with E-state index in [0.29, 0.717) is 38.5 Å². The van der Waals surface area contributed by atoms with Crippen molar-refractivity contribution in [3.05, 3.63) is 40.3 Å². The number of amides is 2. The van der Waals surface area contributed by atoms with Crippen molar-refractivity contribution in [2.75, 3.05) is 45.0 Å². The average Bonchev–Trinajstić information content (AvgIpc) is 2.80. The van der Waals surface area contributed by atoms with Gasteiger partial charge < -0.3 is 30.0 Å². The van der Waals surface area contributed by atoms with Gasteiger partial charge in [0.05, 0.1) is 52.3 Å². The van der Waals surface area contributed by atoms with E-state index in [1.165, 1.54) is 0 Å². The quantitative estimate of drug-likeness (QED) is 0.107. The van der Waals surface area contributed by atoms with Crippen LogP contribution in [0.1, 0.15) is 32.8 Å². The van der Waals surface area contributed by atoms with Crippen LogP contribution in [0, 0.1) is 0 Å². The second-order valence-electron chi connectivity index (χ2n) is 7.73. The second kappa shape index (κ2) is 17.7. The van der Waals surface area contributed by atoms with Gasteiger partial charge in [0.15, 0.2) is 0 Å². The van der Waals surface area contributed by atoms with E-state index in [1.54, 1.807) is 31.2 Å². The Balaban J connectivity index is 2.18. The van der Waals surface area contributed by atoms with Crippen LogP contribution >= 0.6 is 0 Å². The fourth-order valence-corrected chi connectivity index (χ4v) is 2.68. The molecule has 0 bridgehead atoms. The molecule has 1 aromatic carbocycles. The van der Waals surface area contributed by atoms with Gasteiger partial charge in [-0.05, 0) is 44.0 Å². The van der Waals surface area contributed by atoms with Crippen molar-refractivity contribution in [1.29, 1.82) is 0 Å². The third-order valence-electron chi connectivity index (χ3n) is 4.37. The molecule has 1 aromatic rings. The van der Waals surface area contributed by atoms with Crippen molar-refractivity contribution in [3.8, 4) is 0 Å². The van der Waals surface area contributed by atoms with Crippen molar-refractivity contribution >= 4 is 17.5 Å². The van der Waals surface area contributed by atoms with E-state index in [4.69, 9.17) is 24.8 Å². The van der Waals surface area contributed by atoms with Crippen molar-refractivity contribution in [2.24, 2.45) is 5.11 Å². The van der Waals surface area contributed by atoms with E-state index in [1.807, 2.05) is 13.8 Å². The van der Waals surface area contributed by atoms with E-state index in [0.717, 1.165) is 5.56 Å². The topological polar surface area (TPSA) is 167 Å². The second-order valence-corrected chi connectivity index (χ2v) is 7.73. The van der Waals surface area contributed by atoms with E-state index in [-0.39, 0.29) is 37.7 Å². The maximum absolute atomic E-state index is 12.4. The lowest BCUT2D eigenvalue weighted by atomic mass is 10.2. The zero-order valence-corrected chi connectivity index (χ0v) is 20.0. The minimum absolute atomic E-state index is 0.0454. The smallest absolute Gasteiger partial charge is 0.241 e. The lowest BCUT2D eigenvalue weighted by molar-refractivity contribution is -0.122. The Hall–Kier alpha value is -2.73. The molecule has 0 aliphatic rings. The molecular weight excluding hydrogens is 444 g/mol. The zero-order chi connectivity index (χ0) is 25.2. The van der Waals surface area contributed by atoms with Gasteiger partial charge in [-0.15, -0.1) is 0 Å². The molecule has 34 heavy (non-hydrogen) atoms. The van der Waals surface area contributed by atoms with Crippen LogP contribution in [-0.2, 0) is 30.4 Å². The minimum atomic E-state index is -0.733. The first-order valence-electron chi connectivity index (χ1n) is 11.2. The minimum Gasteiger partial charge on any atom is -0.392 e. The predicted molar refractivity (Wildman–Crippen MR) is 127 cm³/mol. The van der Waals surface area contributed by atoms with Gasteiger partial charge >= 0.3 is 0 Å². The highest BCUT2D eigenvalue weighted by molar-refractivity contribution is 5.94. The number of carbonyl (C=O) groups is 2. The maximum atomic E-state index is 12.4. The third kappa shape index (κ3) is 13.7. The molecule has 0 radical (unpaired) electrons. The molecule has 0 saturated carbocycles.